The third-order valence-electron chi connectivity index (χ3n) is 3.15. The Morgan fingerprint density at radius 2 is 2.08 bits per heavy atom. The number of amides is 2. The van der Waals surface area contributed by atoms with Gasteiger partial charge in [0.25, 0.3) is 11.8 Å². The van der Waals surface area contributed by atoms with Crippen molar-refractivity contribution in [1.82, 2.24) is 14.9 Å². The summed E-state index contributed by atoms with van der Waals surface area (Å²) in [6.07, 6.45) is 1.49. The number of carbonyl (C=O) groups excluding carboxylic acids is 2. The largest absolute Gasteiger partial charge is 0.475 e. The Morgan fingerprint density at radius 3 is 2.76 bits per heavy atom. The summed E-state index contributed by atoms with van der Waals surface area (Å²) in [7, 11) is 4.91. The van der Waals surface area contributed by atoms with Crippen molar-refractivity contribution in [2.24, 2.45) is 0 Å². The first kappa shape index (κ1) is 18.8. The first-order chi connectivity index (χ1) is 11.9. The molecule has 0 bridgehead atoms. The van der Waals surface area contributed by atoms with Crippen molar-refractivity contribution >= 4 is 28.3 Å². The fourth-order valence-electron chi connectivity index (χ4n) is 1.88. The SMILES string of the molecule is COCCOc1cc(C(=O)Nc2nc(C)c(C(=O)N(C)C)s2)ccn1. The summed E-state index contributed by atoms with van der Waals surface area (Å²) in [5.41, 5.74) is 0.966. The standard InChI is InChI=1S/C16H20N4O4S/c1-10-13(15(22)20(2)3)25-16(18-10)19-14(21)11-5-6-17-12(9-11)24-8-7-23-4/h5-6,9H,7-8H2,1-4H3,(H,18,19,21). The zero-order valence-corrected chi connectivity index (χ0v) is 15.3. The van der Waals surface area contributed by atoms with Gasteiger partial charge in [-0.3, -0.25) is 14.9 Å². The number of hydrogen-bond donors (Lipinski definition) is 1. The van der Waals surface area contributed by atoms with E-state index in [-0.39, 0.29) is 11.8 Å². The van der Waals surface area contributed by atoms with Crippen LogP contribution in [-0.2, 0) is 4.74 Å². The van der Waals surface area contributed by atoms with E-state index in [2.05, 4.69) is 15.3 Å². The molecule has 0 aromatic carbocycles. The van der Waals surface area contributed by atoms with Crippen LogP contribution in [0.3, 0.4) is 0 Å². The number of aromatic nitrogens is 2. The zero-order valence-electron chi connectivity index (χ0n) is 14.5. The monoisotopic (exact) mass is 364 g/mol. The van der Waals surface area contributed by atoms with Crippen LogP contribution in [-0.4, -0.2) is 61.1 Å². The van der Waals surface area contributed by atoms with E-state index in [4.69, 9.17) is 9.47 Å². The van der Waals surface area contributed by atoms with E-state index in [9.17, 15) is 9.59 Å². The van der Waals surface area contributed by atoms with E-state index in [1.165, 1.54) is 17.2 Å². The van der Waals surface area contributed by atoms with Gasteiger partial charge in [0.05, 0.1) is 12.3 Å². The second kappa shape index (κ2) is 8.54. The van der Waals surface area contributed by atoms with E-state index in [0.29, 0.717) is 40.4 Å². The summed E-state index contributed by atoms with van der Waals surface area (Å²) in [4.78, 5) is 34.7. The van der Waals surface area contributed by atoms with Crippen molar-refractivity contribution in [3.63, 3.8) is 0 Å². The lowest BCUT2D eigenvalue weighted by molar-refractivity contribution is 0.0831. The van der Waals surface area contributed by atoms with Gasteiger partial charge in [0, 0.05) is 39.0 Å². The second-order valence-corrected chi connectivity index (χ2v) is 6.31. The highest BCUT2D eigenvalue weighted by Crippen LogP contribution is 2.24. The molecule has 25 heavy (non-hydrogen) atoms. The number of aryl methyl sites for hydroxylation is 1. The molecule has 1 N–H and O–H groups in total. The number of ether oxygens (including phenoxy) is 2. The Kier molecular flexibility index (Phi) is 6.43. The number of thiazole rings is 1. The van der Waals surface area contributed by atoms with Gasteiger partial charge in [-0.25, -0.2) is 9.97 Å². The normalized spacial score (nSPS) is 10.4. The maximum absolute atomic E-state index is 12.4. The fraction of sp³-hybridized carbons (Fsp3) is 0.375. The lowest BCUT2D eigenvalue weighted by atomic mass is 10.2. The summed E-state index contributed by atoms with van der Waals surface area (Å²) in [5, 5.41) is 3.06. The molecule has 0 aliphatic heterocycles. The Bertz CT molecular complexity index is 760. The molecule has 0 radical (unpaired) electrons. The van der Waals surface area contributed by atoms with Crippen molar-refractivity contribution in [2.75, 3.05) is 39.7 Å². The molecule has 0 fully saturated rings. The van der Waals surface area contributed by atoms with Gasteiger partial charge < -0.3 is 14.4 Å². The minimum absolute atomic E-state index is 0.145. The number of pyridine rings is 1. The van der Waals surface area contributed by atoms with Crippen LogP contribution in [0.25, 0.3) is 0 Å². The van der Waals surface area contributed by atoms with Gasteiger partial charge in [-0.05, 0) is 13.0 Å². The molecule has 0 saturated heterocycles. The van der Waals surface area contributed by atoms with Gasteiger partial charge in [0.1, 0.15) is 11.5 Å². The highest BCUT2D eigenvalue weighted by molar-refractivity contribution is 7.17. The van der Waals surface area contributed by atoms with Gasteiger partial charge in [-0.1, -0.05) is 11.3 Å². The van der Waals surface area contributed by atoms with Crippen molar-refractivity contribution < 1.29 is 19.1 Å². The molecule has 0 atom stereocenters. The van der Waals surface area contributed by atoms with Crippen molar-refractivity contribution in [1.29, 1.82) is 0 Å². The third-order valence-corrected chi connectivity index (χ3v) is 4.21. The van der Waals surface area contributed by atoms with Gasteiger partial charge in [0.15, 0.2) is 5.13 Å². The molecule has 2 rings (SSSR count). The van der Waals surface area contributed by atoms with Crippen LogP contribution in [0, 0.1) is 6.92 Å². The Morgan fingerprint density at radius 1 is 1.32 bits per heavy atom. The molecule has 8 nitrogen and oxygen atoms in total. The first-order valence-corrected chi connectivity index (χ1v) is 8.32. The predicted molar refractivity (Wildman–Crippen MR) is 94.4 cm³/mol. The molecule has 134 valence electrons. The predicted octanol–water partition coefficient (Wildman–Crippen LogP) is 1.83. The van der Waals surface area contributed by atoms with E-state index < -0.39 is 0 Å². The molecule has 2 amide bonds. The van der Waals surface area contributed by atoms with Crippen LogP contribution >= 0.6 is 11.3 Å². The van der Waals surface area contributed by atoms with Crippen molar-refractivity contribution in [2.45, 2.75) is 6.92 Å². The molecule has 0 aliphatic carbocycles. The summed E-state index contributed by atoms with van der Waals surface area (Å²) in [6, 6.07) is 3.11. The second-order valence-electron chi connectivity index (χ2n) is 5.31. The van der Waals surface area contributed by atoms with Gasteiger partial charge in [-0.15, -0.1) is 0 Å². The maximum atomic E-state index is 12.4. The molecule has 0 aliphatic rings. The molecular formula is C16H20N4O4S. The molecule has 0 spiro atoms. The fourth-order valence-corrected chi connectivity index (χ4v) is 2.86. The average molecular weight is 364 g/mol. The highest BCUT2D eigenvalue weighted by Gasteiger charge is 2.18. The van der Waals surface area contributed by atoms with E-state index in [0.717, 1.165) is 11.3 Å². The Labute approximate surface area is 149 Å². The molecule has 2 heterocycles. The molecular weight excluding hydrogens is 344 g/mol. The average Bonchev–Trinajstić information content (AvgIpc) is 2.94. The van der Waals surface area contributed by atoms with Gasteiger partial charge in [-0.2, -0.15) is 0 Å². The van der Waals surface area contributed by atoms with Crippen molar-refractivity contribution in [3.8, 4) is 5.88 Å². The van der Waals surface area contributed by atoms with E-state index in [1.807, 2.05) is 0 Å². The number of rotatable bonds is 7. The number of anilines is 1. The third kappa shape index (κ3) is 4.97. The number of hydrogen-bond acceptors (Lipinski definition) is 7. The van der Waals surface area contributed by atoms with Gasteiger partial charge >= 0.3 is 0 Å². The number of methoxy groups -OCH3 is 1. The lowest BCUT2D eigenvalue weighted by Crippen LogP contribution is -2.21. The molecule has 9 heteroatoms. The lowest BCUT2D eigenvalue weighted by Gasteiger charge is -2.07. The highest BCUT2D eigenvalue weighted by atomic mass is 32.1. The van der Waals surface area contributed by atoms with Crippen LogP contribution in [0.15, 0.2) is 18.3 Å². The van der Waals surface area contributed by atoms with Crippen LogP contribution in [0.1, 0.15) is 25.7 Å². The minimum Gasteiger partial charge on any atom is -0.475 e. The van der Waals surface area contributed by atoms with E-state index >= 15 is 0 Å². The topological polar surface area (TPSA) is 93.7 Å². The van der Waals surface area contributed by atoms with E-state index in [1.54, 1.807) is 34.2 Å². The molecule has 0 unspecified atom stereocenters. The number of nitrogens with one attached hydrogen (secondary N) is 1. The quantitative estimate of drug-likeness (QED) is 0.753. The summed E-state index contributed by atoms with van der Waals surface area (Å²) >= 11 is 1.14. The summed E-state index contributed by atoms with van der Waals surface area (Å²) < 4.78 is 10.3. The number of carbonyl (C=O) groups is 2. The van der Waals surface area contributed by atoms with Gasteiger partial charge in [0.2, 0.25) is 5.88 Å². The summed E-state index contributed by atoms with van der Waals surface area (Å²) in [6.45, 7) is 2.51. The first-order valence-electron chi connectivity index (χ1n) is 7.50. The Hall–Kier alpha value is -2.52. The smallest absolute Gasteiger partial charge is 0.265 e. The molecule has 2 aromatic heterocycles. The molecule has 2 aromatic rings. The van der Waals surface area contributed by atoms with Crippen LogP contribution in [0.5, 0.6) is 5.88 Å². The maximum Gasteiger partial charge on any atom is 0.265 e. The summed E-state index contributed by atoms with van der Waals surface area (Å²) in [5.74, 6) is -0.159. The molecule has 0 saturated carbocycles. The Balaban J connectivity index is 2.08. The van der Waals surface area contributed by atoms with Crippen LogP contribution in [0.4, 0.5) is 5.13 Å². The van der Waals surface area contributed by atoms with Crippen molar-refractivity contribution in [3.05, 3.63) is 34.5 Å². The zero-order chi connectivity index (χ0) is 18.4. The van der Waals surface area contributed by atoms with Crippen LogP contribution < -0.4 is 10.1 Å². The van der Waals surface area contributed by atoms with Crippen LogP contribution in [0.2, 0.25) is 0 Å². The minimum atomic E-state index is -0.350. The number of nitrogens with zero attached hydrogens (tertiary/aromatic N) is 3.